The Morgan fingerprint density at radius 3 is 0.756 bits per heavy atom. The van der Waals surface area contributed by atoms with Crippen molar-refractivity contribution in [2.24, 2.45) is 0 Å². The summed E-state index contributed by atoms with van der Waals surface area (Å²) in [6.45, 7) is 15.2. The van der Waals surface area contributed by atoms with Gasteiger partial charge in [-0.2, -0.15) is 0 Å². The summed E-state index contributed by atoms with van der Waals surface area (Å²) in [5.74, 6) is 0. The largest absolute Gasteiger partial charge is 0.324 e. The van der Waals surface area contributed by atoms with E-state index in [2.05, 4.69) is 52.0 Å². The molecule has 268 valence electrons. The highest BCUT2D eigenvalue weighted by Gasteiger charge is 2.25. The van der Waals surface area contributed by atoms with E-state index >= 15 is 0 Å². The van der Waals surface area contributed by atoms with Gasteiger partial charge in [-0.1, -0.05) is 168 Å². The molecule has 45 heavy (non-hydrogen) atoms. The van der Waals surface area contributed by atoms with Gasteiger partial charge >= 0.3 is 0 Å². The third-order valence-electron chi connectivity index (χ3n) is 10.3. The van der Waals surface area contributed by atoms with Crippen molar-refractivity contribution in [2.75, 3.05) is 26.2 Å². The maximum absolute atomic E-state index is 2.47. The van der Waals surface area contributed by atoms with E-state index in [0.29, 0.717) is 0 Å². The summed E-state index contributed by atoms with van der Waals surface area (Å²) in [7, 11) is 0. The number of nitrogens with zero attached hydrogens (tertiary/aromatic N) is 1. The van der Waals surface area contributed by atoms with Gasteiger partial charge in [0.25, 0.3) is 0 Å². The summed E-state index contributed by atoms with van der Waals surface area (Å²) in [6.07, 6.45) is 54.9. The van der Waals surface area contributed by atoms with Crippen LogP contribution < -0.4 is 0 Å². The highest BCUT2D eigenvalue weighted by molar-refractivity contribution is 4.82. The molecule has 0 atom stereocenters. The van der Waals surface area contributed by atoms with Gasteiger partial charge < -0.3 is 4.48 Å². The minimum atomic E-state index is 1.31. The summed E-state index contributed by atoms with van der Waals surface area (Å²) in [6, 6.07) is 0. The number of hydrogen-bond donors (Lipinski definition) is 0. The monoisotopic (exact) mass is 631 g/mol. The number of allylic oxidation sites excluding steroid dienone is 4. The van der Waals surface area contributed by atoms with Crippen LogP contribution in [-0.4, -0.2) is 30.7 Å². The molecular formula is C44H88N+. The lowest BCUT2D eigenvalue weighted by molar-refractivity contribution is -0.929. The molecule has 0 saturated heterocycles. The lowest BCUT2D eigenvalue weighted by atomic mass is 10.1. The summed E-state index contributed by atoms with van der Waals surface area (Å²) >= 11 is 0. The first-order valence-corrected chi connectivity index (χ1v) is 21.4. The third-order valence-corrected chi connectivity index (χ3v) is 10.3. The van der Waals surface area contributed by atoms with Crippen LogP contribution in [-0.2, 0) is 0 Å². The highest BCUT2D eigenvalue weighted by atomic mass is 15.3. The van der Waals surface area contributed by atoms with Crippen molar-refractivity contribution in [3.8, 4) is 0 Å². The highest BCUT2D eigenvalue weighted by Crippen LogP contribution is 2.19. The standard InChI is InChI=1S/C44H88N/c1-5-9-13-15-17-19-21-23-25-27-29-31-33-35-37-39-43-45(41-11-7-3,42-12-8-4)44-40-38-36-34-32-30-28-26-24-22-20-18-16-14-10-6-2/h23-26H,5-22,27-44H2,1-4H3/q+1. The van der Waals surface area contributed by atoms with Gasteiger partial charge in [0.1, 0.15) is 0 Å². The molecule has 0 spiro atoms. The van der Waals surface area contributed by atoms with E-state index in [-0.39, 0.29) is 0 Å². The molecule has 1 nitrogen and oxygen atoms in total. The molecule has 0 aromatic rings. The Labute approximate surface area is 287 Å². The molecule has 0 amide bonds. The van der Waals surface area contributed by atoms with E-state index in [1.807, 2.05) is 0 Å². The summed E-state index contributed by atoms with van der Waals surface area (Å²) in [4.78, 5) is 0. The molecule has 1 heteroatoms. The molecule has 0 saturated carbocycles. The van der Waals surface area contributed by atoms with Crippen LogP contribution in [0.1, 0.15) is 233 Å². The van der Waals surface area contributed by atoms with E-state index in [1.165, 1.54) is 236 Å². The van der Waals surface area contributed by atoms with E-state index < -0.39 is 0 Å². The van der Waals surface area contributed by atoms with Crippen LogP contribution in [0.3, 0.4) is 0 Å². The molecule has 0 aliphatic rings. The average molecular weight is 631 g/mol. The van der Waals surface area contributed by atoms with E-state index in [4.69, 9.17) is 0 Å². The van der Waals surface area contributed by atoms with Gasteiger partial charge in [-0.15, -0.1) is 0 Å². The Bertz CT molecular complexity index is 538. The summed E-state index contributed by atoms with van der Waals surface area (Å²) in [5.41, 5.74) is 0. The molecule has 0 unspecified atom stereocenters. The number of rotatable bonds is 38. The Morgan fingerprint density at radius 2 is 0.467 bits per heavy atom. The third kappa shape index (κ3) is 33.1. The lowest BCUT2D eigenvalue weighted by Crippen LogP contribution is -2.50. The first-order chi connectivity index (χ1) is 22.2. The zero-order chi connectivity index (χ0) is 32.8. The van der Waals surface area contributed by atoms with Crippen molar-refractivity contribution in [3.05, 3.63) is 24.3 Å². The summed E-state index contributed by atoms with van der Waals surface area (Å²) < 4.78 is 1.44. The van der Waals surface area contributed by atoms with Gasteiger partial charge in [0.15, 0.2) is 0 Å². The van der Waals surface area contributed by atoms with Crippen molar-refractivity contribution >= 4 is 0 Å². The number of unbranched alkanes of at least 4 members (excludes halogenated alkanes) is 26. The molecule has 0 radical (unpaired) electrons. The molecule has 0 N–H and O–H groups in total. The van der Waals surface area contributed by atoms with Crippen molar-refractivity contribution in [1.29, 1.82) is 0 Å². The maximum atomic E-state index is 2.47. The molecule has 0 aliphatic heterocycles. The van der Waals surface area contributed by atoms with Crippen LogP contribution in [0, 0.1) is 0 Å². The van der Waals surface area contributed by atoms with Gasteiger partial charge in [-0.3, -0.25) is 0 Å². The van der Waals surface area contributed by atoms with E-state index in [1.54, 1.807) is 0 Å². The molecule has 0 aliphatic carbocycles. The minimum absolute atomic E-state index is 1.31. The molecule has 0 bridgehead atoms. The first-order valence-electron chi connectivity index (χ1n) is 21.4. The zero-order valence-corrected chi connectivity index (χ0v) is 32.2. The smallest absolute Gasteiger partial charge is 0.0786 e. The predicted octanol–water partition coefficient (Wildman–Crippen LogP) is 15.5. The van der Waals surface area contributed by atoms with Crippen LogP contribution in [0.5, 0.6) is 0 Å². The fraction of sp³-hybridized carbons (Fsp3) is 0.909. The van der Waals surface area contributed by atoms with E-state index in [9.17, 15) is 0 Å². The molecule has 0 rings (SSSR count). The SMILES string of the molecule is CCCCCCCCC=CCCCCCCCC[N+](CCCC)(CCCC)CCCCCCCCC=CCCCCCCCC. The summed E-state index contributed by atoms with van der Waals surface area (Å²) in [5, 5.41) is 0. The molecular weight excluding hydrogens is 542 g/mol. The van der Waals surface area contributed by atoms with Crippen LogP contribution >= 0.6 is 0 Å². The Hall–Kier alpha value is -0.560. The number of quaternary nitrogens is 1. The van der Waals surface area contributed by atoms with Crippen LogP contribution in [0.2, 0.25) is 0 Å². The number of hydrogen-bond acceptors (Lipinski definition) is 0. The van der Waals surface area contributed by atoms with Crippen LogP contribution in [0.4, 0.5) is 0 Å². The van der Waals surface area contributed by atoms with Crippen molar-refractivity contribution < 1.29 is 4.48 Å². The molecule has 0 aromatic heterocycles. The Kier molecular flexibility index (Phi) is 37.4. The van der Waals surface area contributed by atoms with Gasteiger partial charge in [-0.05, 0) is 89.9 Å². The molecule has 0 heterocycles. The predicted molar refractivity (Wildman–Crippen MR) is 208 cm³/mol. The van der Waals surface area contributed by atoms with Gasteiger partial charge in [0.05, 0.1) is 26.2 Å². The average Bonchev–Trinajstić information content (AvgIpc) is 3.05. The second kappa shape index (κ2) is 37.9. The first kappa shape index (κ1) is 44.4. The second-order valence-electron chi connectivity index (χ2n) is 14.8. The quantitative estimate of drug-likeness (QED) is 0.0362. The van der Waals surface area contributed by atoms with Crippen LogP contribution in [0.15, 0.2) is 24.3 Å². The lowest BCUT2D eigenvalue weighted by Gasteiger charge is -2.39. The maximum Gasteiger partial charge on any atom is 0.0786 e. The van der Waals surface area contributed by atoms with Crippen molar-refractivity contribution in [3.63, 3.8) is 0 Å². The van der Waals surface area contributed by atoms with Crippen LogP contribution in [0.25, 0.3) is 0 Å². The topological polar surface area (TPSA) is 0 Å². The minimum Gasteiger partial charge on any atom is -0.324 e. The van der Waals surface area contributed by atoms with Gasteiger partial charge in [0.2, 0.25) is 0 Å². The zero-order valence-electron chi connectivity index (χ0n) is 32.2. The van der Waals surface area contributed by atoms with E-state index in [0.717, 1.165) is 0 Å². The van der Waals surface area contributed by atoms with Crippen molar-refractivity contribution in [1.82, 2.24) is 0 Å². The molecule has 0 aromatic carbocycles. The Morgan fingerprint density at radius 1 is 0.244 bits per heavy atom. The normalized spacial score (nSPS) is 12.4. The molecule has 0 fully saturated rings. The fourth-order valence-electron chi connectivity index (χ4n) is 7.05. The second-order valence-corrected chi connectivity index (χ2v) is 14.8. The van der Waals surface area contributed by atoms with Crippen molar-refractivity contribution in [2.45, 2.75) is 233 Å². The van der Waals surface area contributed by atoms with Gasteiger partial charge in [-0.25, -0.2) is 0 Å². The Balaban J connectivity index is 4.02. The fourth-order valence-corrected chi connectivity index (χ4v) is 7.05. The van der Waals surface area contributed by atoms with Gasteiger partial charge in [0, 0.05) is 0 Å².